The predicted octanol–water partition coefficient (Wildman–Crippen LogP) is 4.16. The number of benzene rings is 3. The van der Waals surface area contributed by atoms with Crippen molar-refractivity contribution in [2.45, 2.75) is 62.0 Å². The van der Waals surface area contributed by atoms with Gasteiger partial charge < -0.3 is 26.2 Å². The number of nitrogen functional groups attached to an aromatic ring is 1. The Kier molecular flexibility index (Phi) is 9.05. The first-order valence-corrected chi connectivity index (χ1v) is 16.2. The fraction of sp³-hybridized carbons (Fsp3) is 0.375. The van der Waals surface area contributed by atoms with Gasteiger partial charge in [-0.25, -0.2) is 13.6 Å². The average Bonchev–Trinajstić information content (AvgIpc) is 2.99. The van der Waals surface area contributed by atoms with Crippen LogP contribution in [0, 0.1) is 17.2 Å². The molecular weight excluding hydrogens is 566 g/mol. The lowest BCUT2D eigenvalue weighted by molar-refractivity contribution is -0.123. The van der Waals surface area contributed by atoms with Gasteiger partial charge in [-0.3, -0.25) is 10.2 Å². The summed E-state index contributed by atoms with van der Waals surface area (Å²) in [6.07, 6.45) is 4.91. The molecule has 2 atom stereocenters. The molecule has 1 saturated heterocycles. The zero-order chi connectivity index (χ0) is 30.7. The number of hydrogen-bond donors (Lipinski definition) is 6. The highest BCUT2D eigenvalue weighted by Crippen LogP contribution is 2.41. The number of rotatable bonds is 8. The van der Waals surface area contributed by atoms with E-state index in [1.54, 1.807) is 60.7 Å². The van der Waals surface area contributed by atoms with Crippen molar-refractivity contribution in [2.24, 2.45) is 22.7 Å². The summed E-state index contributed by atoms with van der Waals surface area (Å²) in [5.41, 5.74) is 8.53. The Hall–Kier alpha value is -3.93. The van der Waals surface area contributed by atoms with Gasteiger partial charge in [0.25, 0.3) is 0 Å². The number of aliphatic hydroxyl groups is 1. The lowest BCUT2D eigenvalue weighted by atomic mass is 9.73. The van der Waals surface area contributed by atoms with Crippen molar-refractivity contribution >= 4 is 33.1 Å². The fourth-order valence-corrected chi connectivity index (χ4v) is 7.39. The van der Waals surface area contributed by atoms with E-state index in [1.807, 2.05) is 0 Å². The Labute approximate surface area is 252 Å². The molecule has 228 valence electrons. The van der Waals surface area contributed by atoms with E-state index >= 15 is 0 Å². The molecule has 0 aromatic heterocycles. The molecule has 10 nitrogen and oxygen atoms in total. The summed E-state index contributed by atoms with van der Waals surface area (Å²) >= 11 is 0. The number of phenolic OH excluding ortho intramolecular Hbond substituents is 1. The summed E-state index contributed by atoms with van der Waals surface area (Å²) in [6.45, 7) is 0.650. The summed E-state index contributed by atoms with van der Waals surface area (Å²) < 4.78 is 24.2. The molecule has 1 aliphatic carbocycles. The van der Waals surface area contributed by atoms with Crippen LogP contribution in [0.5, 0.6) is 5.75 Å². The molecule has 2 fully saturated rings. The number of sulfonamides is 1. The lowest BCUT2D eigenvalue weighted by Crippen LogP contribution is -2.51. The Balaban J connectivity index is 1.45. The quantitative estimate of drug-likeness (QED) is 0.165. The lowest BCUT2D eigenvalue weighted by Gasteiger charge is -2.45. The topological polar surface area (TPSA) is 183 Å². The van der Waals surface area contributed by atoms with Gasteiger partial charge in [0, 0.05) is 29.4 Å². The Bertz CT molecular complexity index is 1590. The molecular formula is C32H39N5O5S. The molecule has 8 N–H and O–H groups in total. The second-order valence-electron chi connectivity index (χ2n) is 11.6. The number of nitrogens with one attached hydrogen (secondary N) is 2. The predicted molar refractivity (Wildman–Crippen MR) is 167 cm³/mol. The summed E-state index contributed by atoms with van der Waals surface area (Å²) in [6, 6.07) is 18.2. The molecule has 1 amide bonds. The van der Waals surface area contributed by atoms with Crippen LogP contribution in [0.2, 0.25) is 0 Å². The van der Waals surface area contributed by atoms with E-state index in [1.165, 1.54) is 6.07 Å². The molecule has 43 heavy (non-hydrogen) atoms. The number of primary sulfonamides is 1. The molecule has 0 bridgehead atoms. The number of piperidine rings is 1. The van der Waals surface area contributed by atoms with E-state index in [2.05, 4.69) is 10.2 Å². The molecule has 11 heteroatoms. The molecule has 0 radical (unpaired) electrons. The number of phenols is 1. The minimum absolute atomic E-state index is 0.0285. The number of aliphatic hydroxyl groups excluding tert-OH is 1. The number of nitrogens with two attached hydrogens (primary N) is 2. The maximum atomic E-state index is 14.2. The maximum Gasteiger partial charge on any atom is 0.238 e. The number of carbonyl (C=O) groups is 1. The summed E-state index contributed by atoms with van der Waals surface area (Å²) in [7, 11) is -3.92. The number of hydrogen-bond acceptors (Lipinski definition) is 7. The van der Waals surface area contributed by atoms with Gasteiger partial charge in [-0.15, -0.1) is 0 Å². The van der Waals surface area contributed by atoms with Crippen molar-refractivity contribution in [3.8, 4) is 16.9 Å². The summed E-state index contributed by atoms with van der Waals surface area (Å²) in [5, 5.41) is 37.5. The molecule has 1 aliphatic heterocycles. The monoisotopic (exact) mass is 605 g/mol. The molecule has 3 aromatic rings. The van der Waals surface area contributed by atoms with E-state index in [0.29, 0.717) is 60.3 Å². The van der Waals surface area contributed by atoms with E-state index < -0.39 is 15.9 Å². The van der Waals surface area contributed by atoms with Gasteiger partial charge in [-0.2, -0.15) is 0 Å². The molecule has 2 unspecified atom stereocenters. The van der Waals surface area contributed by atoms with Crippen LogP contribution in [0.3, 0.4) is 0 Å². The third kappa shape index (κ3) is 6.84. The second-order valence-corrected chi connectivity index (χ2v) is 13.1. The molecule has 2 aliphatic rings. The highest BCUT2D eigenvalue weighted by molar-refractivity contribution is 7.89. The summed E-state index contributed by atoms with van der Waals surface area (Å²) in [4.78, 5) is 16.3. The summed E-state index contributed by atoms with van der Waals surface area (Å²) in [5.74, 6) is -0.548. The highest BCUT2D eigenvalue weighted by atomic mass is 32.2. The first-order chi connectivity index (χ1) is 20.5. The van der Waals surface area contributed by atoms with E-state index in [4.69, 9.17) is 16.3 Å². The van der Waals surface area contributed by atoms with Crippen LogP contribution in [0.4, 0.5) is 11.4 Å². The van der Waals surface area contributed by atoms with Crippen LogP contribution in [0.25, 0.3) is 11.1 Å². The van der Waals surface area contributed by atoms with Crippen LogP contribution >= 0.6 is 0 Å². The first kappa shape index (κ1) is 30.5. The van der Waals surface area contributed by atoms with Gasteiger partial charge >= 0.3 is 0 Å². The SMILES string of the molecule is N=C(N)c1ccc(O)c(N2CCCCC2C(C(=O)Nc2ccc(-c3ccccc3S(N)(=O)=O)cc2)C2CCC(O)CC2)c1. The van der Waals surface area contributed by atoms with Gasteiger partial charge in [0.2, 0.25) is 15.9 Å². The normalized spacial score (nSPS) is 21.6. The van der Waals surface area contributed by atoms with Crippen molar-refractivity contribution in [1.82, 2.24) is 0 Å². The molecule has 0 spiro atoms. The van der Waals surface area contributed by atoms with E-state index in [-0.39, 0.29) is 40.5 Å². The van der Waals surface area contributed by atoms with Crippen molar-refractivity contribution in [3.05, 3.63) is 72.3 Å². The van der Waals surface area contributed by atoms with Gasteiger partial charge in [-0.05, 0) is 92.8 Å². The second kappa shape index (κ2) is 12.7. The smallest absolute Gasteiger partial charge is 0.238 e. The Morgan fingerprint density at radius 2 is 1.67 bits per heavy atom. The fourth-order valence-electron chi connectivity index (χ4n) is 6.63. The number of amides is 1. The average molecular weight is 606 g/mol. The van der Waals surface area contributed by atoms with Crippen LogP contribution < -0.4 is 21.1 Å². The zero-order valence-corrected chi connectivity index (χ0v) is 24.8. The van der Waals surface area contributed by atoms with E-state index in [0.717, 1.165) is 19.3 Å². The van der Waals surface area contributed by atoms with E-state index in [9.17, 15) is 23.4 Å². The maximum absolute atomic E-state index is 14.2. The van der Waals surface area contributed by atoms with Gasteiger partial charge in [0.05, 0.1) is 22.6 Å². The van der Waals surface area contributed by atoms with Gasteiger partial charge in [0.15, 0.2) is 0 Å². The van der Waals surface area contributed by atoms with Gasteiger partial charge in [-0.1, -0.05) is 30.3 Å². The van der Waals surface area contributed by atoms with Crippen molar-refractivity contribution in [2.75, 3.05) is 16.8 Å². The Morgan fingerprint density at radius 1 is 0.977 bits per heavy atom. The molecule has 5 rings (SSSR count). The molecule has 3 aromatic carbocycles. The third-order valence-corrected chi connectivity index (χ3v) is 9.74. The number of carbonyl (C=O) groups excluding carboxylic acids is 1. The largest absolute Gasteiger partial charge is 0.506 e. The first-order valence-electron chi connectivity index (χ1n) is 14.7. The number of nitrogens with zero attached hydrogens (tertiary/aromatic N) is 1. The van der Waals surface area contributed by atoms with Crippen LogP contribution in [0.1, 0.15) is 50.5 Å². The minimum Gasteiger partial charge on any atom is -0.506 e. The van der Waals surface area contributed by atoms with Crippen LogP contribution in [-0.2, 0) is 14.8 Å². The Morgan fingerprint density at radius 3 is 2.35 bits per heavy atom. The van der Waals surface area contributed by atoms with Gasteiger partial charge in [0.1, 0.15) is 11.6 Å². The number of amidine groups is 1. The minimum atomic E-state index is -3.92. The van der Waals surface area contributed by atoms with Crippen molar-refractivity contribution in [1.29, 1.82) is 5.41 Å². The van der Waals surface area contributed by atoms with Crippen molar-refractivity contribution in [3.63, 3.8) is 0 Å². The molecule has 1 heterocycles. The number of aromatic hydroxyl groups is 1. The zero-order valence-electron chi connectivity index (χ0n) is 23.9. The van der Waals surface area contributed by atoms with Crippen molar-refractivity contribution < 1.29 is 23.4 Å². The third-order valence-electron chi connectivity index (χ3n) is 8.77. The standard InChI is InChI=1S/C32H39N5O5S/c33-31(34)22-12-17-28(39)27(19-22)37-18-4-3-6-26(37)30(21-10-15-24(38)16-11-21)32(40)36-23-13-8-20(9-14-23)25-5-1-2-7-29(25)43(35,41)42/h1-2,5,7-9,12-14,17,19,21,24,26,30,38-39H,3-4,6,10-11,15-16,18H2,(H3,33,34)(H,36,40)(H2,35,41,42). The van der Waals surface area contributed by atoms with Crippen LogP contribution in [0.15, 0.2) is 71.6 Å². The highest BCUT2D eigenvalue weighted by Gasteiger charge is 2.41. The molecule has 1 saturated carbocycles. The number of anilines is 2. The van der Waals surface area contributed by atoms with Crippen LogP contribution in [-0.4, -0.2) is 49.1 Å².